The normalized spacial score (nSPS) is 23.2. The van der Waals surface area contributed by atoms with Crippen molar-refractivity contribution >= 4 is 33.0 Å². The number of carbonyl (C=O) groups is 1. The Balaban J connectivity index is 1.52. The van der Waals surface area contributed by atoms with E-state index in [2.05, 4.69) is 11.0 Å². The highest BCUT2D eigenvalue weighted by Crippen LogP contribution is 2.19. The van der Waals surface area contributed by atoms with Gasteiger partial charge in [0.25, 0.3) is 5.91 Å². The summed E-state index contributed by atoms with van der Waals surface area (Å²) in [6, 6.07) is 7.70. The molecule has 0 aliphatic carbocycles. The van der Waals surface area contributed by atoms with Gasteiger partial charge in [-0.2, -0.15) is 0 Å². The summed E-state index contributed by atoms with van der Waals surface area (Å²) in [5, 5.41) is 0.734. The van der Waals surface area contributed by atoms with Gasteiger partial charge < -0.3 is 14.7 Å². The van der Waals surface area contributed by atoms with E-state index in [9.17, 15) is 13.2 Å². The van der Waals surface area contributed by atoms with Gasteiger partial charge in [-0.25, -0.2) is 8.42 Å². The molecule has 2 aliphatic heterocycles. The van der Waals surface area contributed by atoms with Crippen molar-refractivity contribution in [2.24, 2.45) is 0 Å². The number of nitrogens with zero attached hydrogens (tertiary/aromatic N) is 2. The van der Waals surface area contributed by atoms with Crippen molar-refractivity contribution in [2.75, 3.05) is 55.7 Å². The third kappa shape index (κ3) is 4.69. The first-order chi connectivity index (χ1) is 12.4. The molecule has 8 heteroatoms. The van der Waals surface area contributed by atoms with Gasteiger partial charge in [0.05, 0.1) is 37.7 Å². The molecule has 0 bridgehead atoms. The van der Waals surface area contributed by atoms with Crippen molar-refractivity contribution in [1.29, 1.82) is 0 Å². The number of piperazine rings is 1. The number of halogens is 1. The van der Waals surface area contributed by atoms with Gasteiger partial charge in [-0.1, -0.05) is 17.7 Å². The van der Waals surface area contributed by atoms with E-state index in [0.717, 1.165) is 36.9 Å². The van der Waals surface area contributed by atoms with E-state index >= 15 is 0 Å². The fourth-order valence-corrected chi connectivity index (χ4v) is 5.82. The molecule has 6 nitrogen and oxygen atoms in total. The van der Waals surface area contributed by atoms with Crippen LogP contribution in [0.4, 0.5) is 5.69 Å². The summed E-state index contributed by atoms with van der Waals surface area (Å²) in [5.74, 6) is 0.387. The van der Waals surface area contributed by atoms with E-state index < -0.39 is 9.84 Å². The summed E-state index contributed by atoms with van der Waals surface area (Å²) >= 11 is 6.07. The van der Waals surface area contributed by atoms with Crippen LogP contribution in [-0.4, -0.2) is 76.0 Å². The summed E-state index contributed by atoms with van der Waals surface area (Å²) in [6.45, 7) is 6.47. The third-order valence-corrected chi connectivity index (χ3v) is 7.34. The maximum Gasteiger partial charge on any atom is 0.278 e. The first kappa shape index (κ1) is 19.5. The second-order valence-corrected chi connectivity index (χ2v) is 9.80. The van der Waals surface area contributed by atoms with Gasteiger partial charge in [0.15, 0.2) is 16.4 Å². The molecular weight excluding hydrogens is 374 g/mol. The molecule has 0 spiro atoms. The Labute approximate surface area is 160 Å². The lowest BCUT2D eigenvalue weighted by molar-refractivity contribution is -0.892. The average molecular weight is 401 g/mol. The molecule has 0 aromatic heterocycles. The zero-order valence-corrected chi connectivity index (χ0v) is 16.7. The summed E-state index contributed by atoms with van der Waals surface area (Å²) in [4.78, 5) is 18.0. The van der Waals surface area contributed by atoms with Gasteiger partial charge in [-0.05, 0) is 31.5 Å². The quantitative estimate of drug-likeness (QED) is 0.760. The van der Waals surface area contributed by atoms with Crippen LogP contribution in [-0.2, 0) is 14.6 Å². The molecule has 2 heterocycles. The Bertz CT molecular complexity index is 748. The number of rotatable bonds is 5. The van der Waals surface area contributed by atoms with E-state index in [1.165, 1.54) is 4.90 Å². The number of likely N-dealkylation sites (N-methyl/N-ethyl adjacent to an activating group) is 1. The molecule has 3 rings (SSSR count). The van der Waals surface area contributed by atoms with Crippen molar-refractivity contribution < 1.29 is 18.1 Å². The van der Waals surface area contributed by atoms with Crippen molar-refractivity contribution in [3.8, 4) is 0 Å². The van der Waals surface area contributed by atoms with Gasteiger partial charge in [0.1, 0.15) is 0 Å². The average Bonchev–Trinajstić information content (AvgIpc) is 2.96. The van der Waals surface area contributed by atoms with Crippen LogP contribution in [0.2, 0.25) is 5.02 Å². The molecule has 144 valence electrons. The molecule has 0 unspecified atom stereocenters. The molecule has 0 saturated carbocycles. The summed E-state index contributed by atoms with van der Waals surface area (Å²) in [7, 11) is -2.98. The van der Waals surface area contributed by atoms with Crippen molar-refractivity contribution in [2.45, 2.75) is 19.4 Å². The maximum absolute atomic E-state index is 12.7. The van der Waals surface area contributed by atoms with Crippen LogP contribution >= 0.6 is 11.6 Å². The van der Waals surface area contributed by atoms with Crippen LogP contribution in [0.1, 0.15) is 13.3 Å². The van der Waals surface area contributed by atoms with Gasteiger partial charge >= 0.3 is 0 Å². The molecule has 0 radical (unpaired) electrons. The lowest BCUT2D eigenvalue weighted by Crippen LogP contribution is -3.16. The predicted octanol–water partition coefficient (Wildman–Crippen LogP) is 0.0805. The number of quaternary nitrogens is 1. The highest BCUT2D eigenvalue weighted by atomic mass is 35.5. The summed E-state index contributed by atoms with van der Waals surface area (Å²) in [5.41, 5.74) is 1.12. The largest absolute Gasteiger partial charge is 0.360 e. The second-order valence-electron chi connectivity index (χ2n) is 7.13. The zero-order valence-electron chi connectivity index (χ0n) is 15.2. The van der Waals surface area contributed by atoms with E-state index in [1.807, 2.05) is 25.1 Å². The minimum absolute atomic E-state index is 0.0702. The molecule has 1 atom stereocenters. The van der Waals surface area contributed by atoms with Crippen LogP contribution in [0.25, 0.3) is 0 Å². The van der Waals surface area contributed by atoms with Gasteiger partial charge in [0.2, 0.25) is 0 Å². The molecule has 2 saturated heterocycles. The molecule has 2 aliphatic rings. The first-order valence-electron chi connectivity index (χ1n) is 9.22. The maximum atomic E-state index is 12.7. The van der Waals surface area contributed by atoms with Gasteiger partial charge in [0, 0.05) is 23.3 Å². The minimum atomic E-state index is -2.98. The van der Waals surface area contributed by atoms with Crippen LogP contribution in [0.5, 0.6) is 0 Å². The van der Waals surface area contributed by atoms with E-state index in [-0.39, 0.29) is 23.5 Å². The molecular formula is C18H27ClN3O3S+. The molecule has 2 fully saturated rings. The molecule has 1 N–H and O–H groups in total. The van der Waals surface area contributed by atoms with E-state index in [1.54, 1.807) is 4.90 Å². The first-order valence-corrected chi connectivity index (χ1v) is 11.4. The van der Waals surface area contributed by atoms with E-state index in [0.29, 0.717) is 19.5 Å². The standard InChI is InChI=1S/C18H26ClN3O3S/c1-2-22(17-6-11-26(24,25)14-17)18(23)13-20-7-9-21(10-8-20)16-5-3-4-15(19)12-16/h3-5,12,17H,2,6-11,13-14H2,1H3/p+1/t17-/m1/s1. The Hall–Kier alpha value is -1.31. The third-order valence-electron chi connectivity index (χ3n) is 5.36. The molecule has 1 aromatic rings. The number of sulfone groups is 1. The number of nitrogens with one attached hydrogen (secondary N) is 1. The topological polar surface area (TPSA) is 62.1 Å². The summed E-state index contributed by atoms with van der Waals surface area (Å²) in [6.07, 6.45) is 0.569. The van der Waals surface area contributed by atoms with Crippen molar-refractivity contribution in [3.05, 3.63) is 29.3 Å². The minimum Gasteiger partial charge on any atom is -0.360 e. The Morgan fingerprint density at radius 3 is 2.65 bits per heavy atom. The van der Waals surface area contributed by atoms with Crippen molar-refractivity contribution in [1.82, 2.24) is 4.90 Å². The number of carbonyl (C=O) groups excluding carboxylic acids is 1. The number of anilines is 1. The van der Waals surface area contributed by atoms with Crippen LogP contribution < -0.4 is 9.80 Å². The summed E-state index contributed by atoms with van der Waals surface area (Å²) < 4.78 is 23.4. The van der Waals surface area contributed by atoms with Crippen LogP contribution in [0.3, 0.4) is 0 Å². The highest BCUT2D eigenvalue weighted by Gasteiger charge is 2.35. The smallest absolute Gasteiger partial charge is 0.278 e. The lowest BCUT2D eigenvalue weighted by atomic mass is 10.2. The number of amides is 1. The molecule has 1 aromatic carbocycles. The van der Waals surface area contributed by atoms with Crippen molar-refractivity contribution in [3.63, 3.8) is 0 Å². The Morgan fingerprint density at radius 2 is 2.08 bits per heavy atom. The fraction of sp³-hybridized carbons (Fsp3) is 0.611. The Kier molecular flexibility index (Phi) is 6.10. The number of hydrogen-bond donors (Lipinski definition) is 1. The molecule has 1 amide bonds. The predicted molar refractivity (Wildman–Crippen MR) is 104 cm³/mol. The lowest BCUT2D eigenvalue weighted by Gasteiger charge is -2.35. The second kappa shape index (κ2) is 8.15. The highest BCUT2D eigenvalue weighted by molar-refractivity contribution is 7.91. The van der Waals surface area contributed by atoms with Gasteiger partial charge in [-0.3, -0.25) is 4.79 Å². The van der Waals surface area contributed by atoms with Crippen LogP contribution in [0.15, 0.2) is 24.3 Å². The Morgan fingerprint density at radius 1 is 1.35 bits per heavy atom. The SMILES string of the molecule is CCN(C(=O)C[NH+]1CCN(c2cccc(Cl)c2)CC1)[C@@H]1CCS(=O)(=O)C1. The van der Waals surface area contributed by atoms with Gasteiger partial charge in [-0.15, -0.1) is 0 Å². The number of benzene rings is 1. The fourth-order valence-electron chi connectivity index (χ4n) is 3.91. The van der Waals surface area contributed by atoms with Crippen LogP contribution in [0, 0.1) is 0 Å². The monoisotopic (exact) mass is 400 g/mol. The molecule has 26 heavy (non-hydrogen) atoms. The number of hydrogen-bond acceptors (Lipinski definition) is 4. The zero-order chi connectivity index (χ0) is 18.7. The van der Waals surface area contributed by atoms with E-state index in [4.69, 9.17) is 11.6 Å².